The first-order chi connectivity index (χ1) is 10.1. The van der Waals surface area contributed by atoms with Gasteiger partial charge in [-0.2, -0.15) is 0 Å². The van der Waals surface area contributed by atoms with Crippen molar-refractivity contribution in [2.45, 2.75) is 25.9 Å². The maximum atomic E-state index is 12.1. The van der Waals surface area contributed by atoms with Crippen molar-refractivity contribution in [3.05, 3.63) is 23.8 Å². The molecule has 1 N–H and O–H groups in total. The fraction of sp³-hybridized carbons (Fsp3) is 0.562. The highest BCUT2D eigenvalue weighted by atomic mass is 16.5. The second-order valence-electron chi connectivity index (χ2n) is 5.45. The SMILES string of the molecule is COc1ccc(OC)c(C(O)CN2CCCC(C)C2=O)c1. The Kier molecular flexibility index (Phi) is 5.07. The van der Waals surface area contributed by atoms with E-state index in [0.29, 0.717) is 23.6 Å². The van der Waals surface area contributed by atoms with Gasteiger partial charge >= 0.3 is 0 Å². The maximum Gasteiger partial charge on any atom is 0.225 e. The van der Waals surface area contributed by atoms with Crippen molar-refractivity contribution in [2.75, 3.05) is 27.3 Å². The molecule has 1 aromatic rings. The number of aliphatic hydroxyl groups excluding tert-OH is 1. The molecule has 1 aliphatic rings. The summed E-state index contributed by atoms with van der Waals surface area (Å²) in [7, 11) is 3.14. The first-order valence-electron chi connectivity index (χ1n) is 7.25. The fourth-order valence-electron chi connectivity index (χ4n) is 2.72. The summed E-state index contributed by atoms with van der Waals surface area (Å²) in [5, 5.41) is 10.5. The molecule has 0 radical (unpaired) electrons. The molecule has 1 fully saturated rings. The van der Waals surface area contributed by atoms with Crippen LogP contribution in [0.1, 0.15) is 31.4 Å². The van der Waals surface area contributed by atoms with Crippen LogP contribution in [0.25, 0.3) is 0 Å². The molecule has 5 nitrogen and oxygen atoms in total. The van der Waals surface area contributed by atoms with Crippen LogP contribution >= 0.6 is 0 Å². The summed E-state index contributed by atoms with van der Waals surface area (Å²) in [6.45, 7) is 2.92. The summed E-state index contributed by atoms with van der Waals surface area (Å²) in [5.41, 5.74) is 0.642. The van der Waals surface area contributed by atoms with Crippen molar-refractivity contribution in [2.24, 2.45) is 5.92 Å². The lowest BCUT2D eigenvalue weighted by Gasteiger charge is -2.32. The normalized spacial score (nSPS) is 20.3. The van der Waals surface area contributed by atoms with E-state index >= 15 is 0 Å². The van der Waals surface area contributed by atoms with Crippen molar-refractivity contribution in [3.8, 4) is 11.5 Å². The Bertz CT molecular complexity index is 503. The van der Waals surface area contributed by atoms with Gasteiger partial charge in [-0.3, -0.25) is 4.79 Å². The van der Waals surface area contributed by atoms with Gasteiger partial charge in [0, 0.05) is 18.0 Å². The van der Waals surface area contributed by atoms with Crippen LogP contribution in [0.15, 0.2) is 18.2 Å². The zero-order chi connectivity index (χ0) is 15.4. The van der Waals surface area contributed by atoms with E-state index in [0.717, 1.165) is 12.8 Å². The third kappa shape index (κ3) is 3.47. The number of nitrogens with zero attached hydrogens (tertiary/aromatic N) is 1. The summed E-state index contributed by atoms with van der Waals surface area (Å²) in [6.07, 6.45) is 1.12. The van der Waals surface area contributed by atoms with E-state index in [-0.39, 0.29) is 18.4 Å². The topological polar surface area (TPSA) is 59.0 Å². The standard InChI is InChI=1S/C16H23NO4/c1-11-5-4-8-17(16(11)19)10-14(18)13-9-12(20-2)6-7-15(13)21-3/h6-7,9,11,14,18H,4-5,8,10H2,1-3H3. The van der Waals surface area contributed by atoms with Crippen LogP contribution in [0, 0.1) is 5.92 Å². The summed E-state index contributed by atoms with van der Waals surface area (Å²) in [6, 6.07) is 5.29. The molecule has 21 heavy (non-hydrogen) atoms. The third-order valence-electron chi connectivity index (χ3n) is 3.99. The first kappa shape index (κ1) is 15.6. The number of amides is 1. The number of ether oxygens (including phenoxy) is 2. The lowest BCUT2D eigenvalue weighted by molar-refractivity contribution is -0.139. The summed E-state index contributed by atoms with van der Waals surface area (Å²) < 4.78 is 10.5. The Morgan fingerprint density at radius 3 is 2.81 bits per heavy atom. The number of piperidine rings is 1. The monoisotopic (exact) mass is 293 g/mol. The molecule has 0 bridgehead atoms. The van der Waals surface area contributed by atoms with Gasteiger partial charge in [0.05, 0.1) is 20.8 Å². The van der Waals surface area contributed by atoms with Gasteiger partial charge in [0.25, 0.3) is 0 Å². The van der Waals surface area contributed by atoms with Crippen molar-refractivity contribution in [1.29, 1.82) is 0 Å². The van der Waals surface area contributed by atoms with Crippen molar-refractivity contribution >= 4 is 5.91 Å². The smallest absolute Gasteiger partial charge is 0.225 e. The summed E-state index contributed by atoms with van der Waals surface area (Å²) >= 11 is 0. The van der Waals surface area contributed by atoms with Crippen LogP contribution in [-0.2, 0) is 4.79 Å². The van der Waals surface area contributed by atoms with Gasteiger partial charge in [-0.15, -0.1) is 0 Å². The minimum Gasteiger partial charge on any atom is -0.497 e. The second-order valence-corrected chi connectivity index (χ2v) is 5.45. The molecular formula is C16H23NO4. The molecule has 0 saturated carbocycles. The average molecular weight is 293 g/mol. The van der Waals surface area contributed by atoms with E-state index < -0.39 is 6.10 Å². The molecule has 2 atom stereocenters. The van der Waals surface area contributed by atoms with E-state index in [4.69, 9.17) is 9.47 Å². The molecule has 116 valence electrons. The third-order valence-corrected chi connectivity index (χ3v) is 3.99. The van der Waals surface area contributed by atoms with Gasteiger partial charge in [0.2, 0.25) is 5.91 Å². The molecule has 1 aromatic carbocycles. The number of aliphatic hydroxyl groups is 1. The van der Waals surface area contributed by atoms with E-state index in [9.17, 15) is 9.90 Å². The van der Waals surface area contributed by atoms with Crippen LogP contribution in [-0.4, -0.2) is 43.2 Å². The highest BCUT2D eigenvalue weighted by molar-refractivity contribution is 5.79. The number of carbonyl (C=O) groups excluding carboxylic acids is 1. The Morgan fingerprint density at radius 2 is 2.14 bits per heavy atom. The van der Waals surface area contributed by atoms with Crippen LogP contribution in [0.2, 0.25) is 0 Å². The van der Waals surface area contributed by atoms with Crippen LogP contribution < -0.4 is 9.47 Å². The number of carbonyl (C=O) groups is 1. The molecule has 2 rings (SSSR count). The van der Waals surface area contributed by atoms with Gasteiger partial charge in [-0.05, 0) is 31.0 Å². The predicted molar refractivity (Wildman–Crippen MR) is 79.5 cm³/mol. The molecule has 0 spiro atoms. The van der Waals surface area contributed by atoms with Crippen LogP contribution in [0.3, 0.4) is 0 Å². The quantitative estimate of drug-likeness (QED) is 0.902. The predicted octanol–water partition coefficient (Wildman–Crippen LogP) is 2.00. The molecule has 2 unspecified atom stereocenters. The van der Waals surface area contributed by atoms with E-state index in [2.05, 4.69) is 0 Å². The number of benzene rings is 1. The van der Waals surface area contributed by atoms with Crippen molar-refractivity contribution in [1.82, 2.24) is 4.90 Å². The van der Waals surface area contributed by atoms with Crippen LogP contribution in [0.4, 0.5) is 0 Å². The molecule has 1 heterocycles. The van der Waals surface area contributed by atoms with Gasteiger partial charge in [0.15, 0.2) is 0 Å². The second kappa shape index (κ2) is 6.80. The molecule has 1 saturated heterocycles. The molecular weight excluding hydrogens is 270 g/mol. The Hall–Kier alpha value is -1.75. The summed E-state index contributed by atoms with van der Waals surface area (Å²) in [5.74, 6) is 1.41. The number of hydrogen-bond acceptors (Lipinski definition) is 4. The van der Waals surface area contributed by atoms with Gasteiger partial charge in [0.1, 0.15) is 17.6 Å². The highest BCUT2D eigenvalue weighted by Crippen LogP contribution is 2.30. The first-order valence-corrected chi connectivity index (χ1v) is 7.25. The van der Waals surface area contributed by atoms with Crippen molar-refractivity contribution in [3.63, 3.8) is 0 Å². The Balaban J connectivity index is 2.15. The van der Waals surface area contributed by atoms with E-state index in [1.165, 1.54) is 0 Å². The number of hydrogen-bond donors (Lipinski definition) is 1. The van der Waals surface area contributed by atoms with Crippen LogP contribution in [0.5, 0.6) is 11.5 Å². The number of likely N-dealkylation sites (tertiary alicyclic amines) is 1. The van der Waals surface area contributed by atoms with E-state index in [1.54, 1.807) is 37.3 Å². The lowest BCUT2D eigenvalue weighted by atomic mass is 9.98. The average Bonchev–Trinajstić information content (AvgIpc) is 2.51. The molecule has 0 aliphatic carbocycles. The minimum absolute atomic E-state index is 0.0400. The van der Waals surface area contributed by atoms with E-state index in [1.807, 2.05) is 6.92 Å². The number of β-amino-alcohol motifs (C(OH)–C–C–N with tert-alkyl or cyclic N) is 1. The lowest BCUT2D eigenvalue weighted by Crippen LogP contribution is -2.42. The zero-order valence-electron chi connectivity index (χ0n) is 12.8. The molecule has 1 amide bonds. The molecule has 0 aromatic heterocycles. The van der Waals surface area contributed by atoms with Gasteiger partial charge in [-0.25, -0.2) is 0 Å². The largest absolute Gasteiger partial charge is 0.497 e. The Morgan fingerprint density at radius 1 is 1.38 bits per heavy atom. The number of rotatable bonds is 5. The fourth-order valence-corrected chi connectivity index (χ4v) is 2.72. The minimum atomic E-state index is -0.788. The molecule has 1 aliphatic heterocycles. The van der Waals surface area contributed by atoms with Gasteiger partial charge < -0.3 is 19.5 Å². The summed E-state index contributed by atoms with van der Waals surface area (Å²) in [4.78, 5) is 13.9. The maximum absolute atomic E-state index is 12.1. The van der Waals surface area contributed by atoms with Crippen molar-refractivity contribution < 1.29 is 19.4 Å². The Labute approximate surface area is 125 Å². The zero-order valence-corrected chi connectivity index (χ0v) is 12.8. The molecule has 5 heteroatoms. The highest BCUT2D eigenvalue weighted by Gasteiger charge is 2.27. The number of methoxy groups -OCH3 is 2. The van der Waals surface area contributed by atoms with Gasteiger partial charge in [-0.1, -0.05) is 6.92 Å².